The number of aromatic nitrogens is 2. The maximum Gasteiger partial charge on any atom is 0.573 e. The van der Waals surface area contributed by atoms with E-state index in [-0.39, 0.29) is 5.75 Å². The van der Waals surface area contributed by atoms with Gasteiger partial charge < -0.3 is 20.7 Å². The first kappa shape index (κ1) is 24.5. The number of nitrogens with two attached hydrogens (primary N) is 1. The lowest BCUT2D eigenvalue weighted by molar-refractivity contribution is -0.274. The molecule has 2 aromatic carbocycles. The van der Waals surface area contributed by atoms with Gasteiger partial charge in [-0.1, -0.05) is 36.4 Å². The predicted molar refractivity (Wildman–Crippen MR) is 131 cm³/mol. The van der Waals surface area contributed by atoms with E-state index in [1.54, 1.807) is 25.3 Å². The molecule has 0 spiro atoms. The summed E-state index contributed by atoms with van der Waals surface area (Å²) in [6.45, 7) is 2.19. The summed E-state index contributed by atoms with van der Waals surface area (Å²) >= 11 is 0. The predicted octanol–water partition coefficient (Wildman–Crippen LogP) is 4.18. The van der Waals surface area contributed by atoms with Crippen LogP contribution in [0, 0.1) is 0 Å². The molecule has 4 rings (SSSR count). The molecule has 0 radical (unpaired) electrons. The zero-order valence-corrected chi connectivity index (χ0v) is 19.3. The van der Waals surface area contributed by atoms with Gasteiger partial charge in [-0.2, -0.15) is 0 Å². The number of aliphatic imine (C=N–C) groups is 1. The molecule has 35 heavy (non-hydrogen) atoms. The zero-order chi connectivity index (χ0) is 24.8. The number of nitrogens with one attached hydrogen (secondary N) is 1. The molecular formula is C25H27F3N6O. The van der Waals surface area contributed by atoms with Gasteiger partial charge in [-0.25, -0.2) is 0 Å². The quantitative estimate of drug-likeness (QED) is 0.489. The Labute approximate surface area is 201 Å². The van der Waals surface area contributed by atoms with Gasteiger partial charge in [-0.15, -0.1) is 23.4 Å². The molecule has 10 heteroatoms. The van der Waals surface area contributed by atoms with Crippen molar-refractivity contribution in [2.75, 3.05) is 25.0 Å². The van der Waals surface area contributed by atoms with Crippen molar-refractivity contribution < 1.29 is 17.9 Å². The Morgan fingerprint density at radius 1 is 1.11 bits per heavy atom. The van der Waals surface area contributed by atoms with Crippen LogP contribution >= 0.6 is 0 Å². The number of hydrogen-bond acceptors (Lipinski definition) is 7. The number of halogens is 3. The molecule has 0 unspecified atom stereocenters. The monoisotopic (exact) mass is 484 g/mol. The van der Waals surface area contributed by atoms with Crippen LogP contribution in [0.25, 0.3) is 10.8 Å². The molecule has 1 aromatic heterocycles. The van der Waals surface area contributed by atoms with Gasteiger partial charge in [0.2, 0.25) is 0 Å². The fraction of sp³-hybridized carbons (Fsp3) is 0.320. The summed E-state index contributed by atoms with van der Waals surface area (Å²) in [5, 5.41) is 14.5. The third-order valence-corrected chi connectivity index (χ3v) is 5.95. The first-order chi connectivity index (χ1) is 16.9. The number of fused-ring (bicyclic) bond motifs is 1. The lowest BCUT2D eigenvalue weighted by Crippen LogP contribution is -2.42. The fourth-order valence-corrected chi connectivity index (χ4v) is 4.23. The van der Waals surface area contributed by atoms with E-state index in [0.717, 1.165) is 48.1 Å². The number of allylic oxidation sites excluding steroid dienone is 1. The average molecular weight is 485 g/mol. The summed E-state index contributed by atoms with van der Waals surface area (Å²) in [5.74, 6) is 0.625. The highest BCUT2D eigenvalue weighted by Crippen LogP contribution is 2.29. The van der Waals surface area contributed by atoms with E-state index in [1.165, 1.54) is 18.3 Å². The minimum atomic E-state index is -4.68. The van der Waals surface area contributed by atoms with Crippen LogP contribution in [0.5, 0.6) is 5.75 Å². The Hall–Kier alpha value is -3.66. The Morgan fingerprint density at radius 2 is 1.80 bits per heavy atom. The van der Waals surface area contributed by atoms with Gasteiger partial charge in [-0.3, -0.25) is 4.99 Å². The van der Waals surface area contributed by atoms with E-state index in [2.05, 4.69) is 30.1 Å². The number of anilines is 1. The molecule has 0 aliphatic carbocycles. The maximum absolute atomic E-state index is 12.3. The number of alkyl halides is 3. The van der Waals surface area contributed by atoms with Gasteiger partial charge in [-0.05, 0) is 42.8 Å². The Balaban J connectivity index is 1.39. The summed E-state index contributed by atoms with van der Waals surface area (Å²) in [4.78, 5) is 6.52. The lowest BCUT2D eigenvalue weighted by atomic mass is 10.0. The Bertz CT molecular complexity index is 1200. The Kier molecular flexibility index (Phi) is 7.50. The van der Waals surface area contributed by atoms with Crippen molar-refractivity contribution in [1.82, 2.24) is 15.5 Å². The molecule has 0 atom stereocenters. The number of nitrogens with zero attached hydrogens (tertiary/aromatic N) is 4. The minimum absolute atomic E-state index is 0.217. The van der Waals surface area contributed by atoms with Crippen LogP contribution in [-0.2, 0) is 6.54 Å². The van der Waals surface area contributed by atoms with Gasteiger partial charge in [0.25, 0.3) is 0 Å². The molecule has 1 fully saturated rings. The third-order valence-electron chi connectivity index (χ3n) is 5.95. The third kappa shape index (κ3) is 6.07. The molecule has 0 saturated carbocycles. The van der Waals surface area contributed by atoms with Crippen molar-refractivity contribution in [2.45, 2.75) is 31.8 Å². The summed E-state index contributed by atoms with van der Waals surface area (Å²) in [6, 6.07) is 14.2. The van der Waals surface area contributed by atoms with Crippen LogP contribution < -0.4 is 20.7 Å². The van der Waals surface area contributed by atoms with Gasteiger partial charge in [0.1, 0.15) is 11.4 Å². The smallest absolute Gasteiger partial charge is 0.406 e. The van der Waals surface area contributed by atoms with Crippen molar-refractivity contribution in [2.24, 2.45) is 10.7 Å². The SMILES string of the molecule is CN=C(C=CN)c1nnc(N2CCC(NCc3ccc(OC(F)(F)F)cc3)CC2)c2ccccc12. The second kappa shape index (κ2) is 10.7. The molecule has 1 aliphatic heterocycles. The van der Waals surface area contributed by atoms with Crippen LogP contribution in [0.4, 0.5) is 19.0 Å². The van der Waals surface area contributed by atoms with Crippen molar-refractivity contribution >= 4 is 22.3 Å². The molecule has 0 bridgehead atoms. The van der Waals surface area contributed by atoms with Crippen LogP contribution in [-0.4, -0.2) is 48.5 Å². The van der Waals surface area contributed by atoms with Crippen LogP contribution in [0.3, 0.4) is 0 Å². The van der Waals surface area contributed by atoms with Gasteiger partial charge >= 0.3 is 6.36 Å². The number of rotatable bonds is 7. The first-order valence-electron chi connectivity index (χ1n) is 11.3. The van der Waals surface area contributed by atoms with E-state index < -0.39 is 6.36 Å². The van der Waals surface area contributed by atoms with Crippen LogP contribution in [0.15, 0.2) is 65.8 Å². The molecule has 3 aromatic rings. The summed E-state index contributed by atoms with van der Waals surface area (Å²) in [7, 11) is 1.70. The average Bonchev–Trinajstić information content (AvgIpc) is 2.86. The highest BCUT2D eigenvalue weighted by molar-refractivity contribution is 6.15. The molecular weight excluding hydrogens is 457 g/mol. The topological polar surface area (TPSA) is 88.7 Å². The van der Waals surface area contributed by atoms with Gasteiger partial charge in [0.15, 0.2) is 5.82 Å². The van der Waals surface area contributed by atoms with E-state index in [0.29, 0.717) is 24.0 Å². The fourth-order valence-electron chi connectivity index (χ4n) is 4.23. The van der Waals surface area contributed by atoms with Gasteiger partial charge in [0.05, 0.1) is 5.71 Å². The number of hydrogen-bond donors (Lipinski definition) is 2. The van der Waals surface area contributed by atoms with Crippen molar-refractivity contribution in [3.05, 3.63) is 72.1 Å². The second-order valence-electron chi connectivity index (χ2n) is 8.22. The highest BCUT2D eigenvalue weighted by atomic mass is 19.4. The van der Waals surface area contributed by atoms with Crippen molar-refractivity contribution in [3.63, 3.8) is 0 Å². The summed E-state index contributed by atoms with van der Waals surface area (Å²) in [6.07, 6.45) is 0.283. The molecule has 1 aliphatic rings. The van der Waals surface area contributed by atoms with Gasteiger partial charge in [0, 0.05) is 43.5 Å². The first-order valence-corrected chi connectivity index (χ1v) is 11.3. The molecule has 2 heterocycles. The van der Waals surface area contributed by atoms with Crippen molar-refractivity contribution in [3.8, 4) is 5.75 Å². The van der Waals surface area contributed by atoms with E-state index in [4.69, 9.17) is 5.73 Å². The highest BCUT2D eigenvalue weighted by Gasteiger charge is 2.31. The van der Waals surface area contributed by atoms with E-state index in [1.807, 2.05) is 24.3 Å². The van der Waals surface area contributed by atoms with E-state index >= 15 is 0 Å². The minimum Gasteiger partial charge on any atom is -0.406 e. The molecule has 7 nitrogen and oxygen atoms in total. The number of benzene rings is 2. The molecule has 3 N–H and O–H groups in total. The van der Waals surface area contributed by atoms with Crippen LogP contribution in [0.2, 0.25) is 0 Å². The lowest BCUT2D eigenvalue weighted by Gasteiger charge is -2.33. The summed E-state index contributed by atoms with van der Waals surface area (Å²) in [5.41, 5.74) is 7.83. The number of ether oxygens (including phenoxy) is 1. The summed E-state index contributed by atoms with van der Waals surface area (Å²) < 4.78 is 40.9. The van der Waals surface area contributed by atoms with E-state index in [9.17, 15) is 13.2 Å². The zero-order valence-electron chi connectivity index (χ0n) is 19.3. The molecule has 0 amide bonds. The second-order valence-corrected chi connectivity index (χ2v) is 8.22. The maximum atomic E-state index is 12.3. The molecule has 1 saturated heterocycles. The standard InChI is InChI=1S/C25H27F3N6O/c1-30-22(10-13-29)23-20-4-2-3-5-21(20)24(33-32-23)34-14-11-18(12-15-34)31-16-17-6-8-19(9-7-17)35-25(26,27)28/h2-10,13,18,31H,11-12,14-16,29H2,1H3. The van der Waals surface area contributed by atoms with Crippen molar-refractivity contribution in [1.29, 1.82) is 0 Å². The number of piperidine rings is 1. The van der Waals surface area contributed by atoms with Crippen LogP contribution in [0.1, 0.15) is 24.1 Å². The Morgan fingerprint density at radius 3 is 2.43 bits per heavy atom. The normalized spacial score (nSPS) is 15.8. The largest absolute Gasteiger partial charge is 0.573 e. The molecule has 184 valence electrons.